The zero-order chi connectivity index (χ0) is 21.8. The van der Waals surface area contributed by atoms with Gasteiger partial charge in [-0.3, -0.25) is 9.59 Å². The third-order valence-electron chi connectivity index (χ3n) is 6.15. The van der Waals surface area contributed by atoms with Crippen LogP contribution in [0.15, 0.2) is 34.0 Å². The van der Waals surface area contributed by atoms with Gasteiger partial charge in [0, 0.05) is 36.6 Å². The number of nitrogens with one attached hydrogen (secondary N) is 2. The Morgan fingerprint density at radius 1 is 1.00 bits per heavy atom. The second-order valence-corrected chi connectivity index (χ2v) is 10.3. The lowest BCUT2D eigenvalue weighted by Gasteiger charge is -2.26. The molecule has 8 nitrogen and oxygen atoms in total. The molecule has 0 aliphatic carbocycles. The van der Waals surface area contributed by atoms with E-state index in [0.717, 1.165) is 38.9 Å². The number of rotatable bonds is 7. The van der Waals surface area contributed by atoms with Crippen molar-refractivity contribution >= 4 is 26.8 Å². The Bertz CT molecular complexity index is 1100. The number of benzene rings is 1. The highest BCUT2D eigenvalue weighted by Gasteiger charge is 2.27. The molecule has 2 saturated heterocycles. The highest BCUT2D eigenvalue weighted by atomic mass is 32.2. The maximum absolute atomic E-state index is 12.9. The van der Waals surface area contributed by atoms with Crippen LogP contribution in [-0.4, -0.2) is 67.8 Å². The summed E-state index contributed by atoms with van der Waals surface area (Å²) in [7, 11) is -3.61. The predicted octanol–water partition coefficient (Wildman–Crippen LogP) is 1.92. The molecule has 2 aromatic rings. The summed E-state index contributed by atoms with van der Waals surface area (Å²) in [6.45, 7) is 4.69. The monoisotopic (exact) mass is 446 g/mol. The van der Waals surface area contributed by atoms with Crippen LogP contribution in [0.5, 0.6) is 0 Å². The molecular formula is C22H30N4O4S. The van der Waals surface area contributed by atoms with Crippen LogP contribution in [0.4, 0.5) is 0 Å². The number of H-pyrrole nitrogens is 1. The first-order valence-electron chi connectivity index (χ1n) is 11.1. The van der Waals surface area contributed by atoms with E-state index in [4.69, 9.17) is 0 Å². The minimum Gasteiger partial charge on any atom is -0.352 e. The second-order valence-electron chi connectivity index (χ2n) is 8.38. The smallest absolute Gasteiger partial charge is 0.252 e. The average molecular weight is 447 g/mol. The quantitative estimate of drug-likeness (QED) is 0.633. The number of fused-ring (bicyclic) bond motifs is 1. The molecule has 2 N–H and O–H groups in total. The molecule has 9 heteroatoms. The van der Waals surface area contributed by atoms with Gasteiger partial charge in [0.2, 0.25) is 15.6 Å². The average Bonchev–Trinajstić information content (AvgIpc) is 3.32. The molecule has 0 unspecified atom stereocenters. The molecule has 168 valence electrons. The molecule has 2 fully saturated rings. The van der Waals surface area contributed by atoms with Crippen LogP contribution < -0.4 is 10.9 Å². The standard InChI is InChI=1S/C22H30N4O4S/c27-21-16-19(22(28)23-9-6-12-25-10-2-1-3-11-25)18-15-17(7-8-20(18)24-21)31(29,30)26-13-4-5-14-26/h7-8,15-16H,1-6,9-14H2,(H,23,28)(H,24,27). The molecule has 2 aliphatic rings. The normalized spacial score (nSPS) is 18.5. The Hall–Kier alpha value is -2.23. The van der Waals surface area contributed by atoms with Crippen LogP contribution >= 0.6 is 0 Å². The van der Waals surface area contributed by atoms with Crippen LogP contribution in [0.3, 0.4) is 0 Å². The van der Waals surface area contributed by atoms with Crippen LogP contribution in [0.25, 0.3) is 10.9 Å². The first kappa shape index (κ1) is 22.0. The van der Waals surface area contributed by atoms with Crippen molar-refractivity contribution in [2.24, 2.45) is 0 Å². The number of aromatic nitrogens is 1. The number of carbonyl (C=O) groups excluding carboxylic acids is 1. The number of aromatic amines is 1. The summed E-state index contributed by atoms with van der Waals surface area (Å²) in [5, 5.41) is 3.33. The number of amides is 1. The lowest BCUT2D eigenvalue weighted by atomic mass is 10.1. The summed E-state index contributed by atoms with van der Waals surface area (Å²) < 4.78 is 27.3. The van der Waals surface area contributed by atoms with Gasteiger partial charge in [0.05, 0.1) is 10.5 Å². The van der Waals surface area contributed by atoms with Gasteiger partial charge in [-0.1, -0.05) is 6.42 Å². The molecule has 0 bridgehead atoms. The van der Waals surface area contributed by atoms with E-state index in [1.165, 1.54) is 41.8 Å². The summed E-state index contributed by atoms with van der Waals surface area (Å²) >= 11 is 0. The molecule has 4 rings (SSSR count). The third-order valence-corrected chi connectivity index (χ3v) is 8.04. The summed E-state index contributed by atoms with van der Waals surface area (Å²) in [5.41, 5.74) is 0.266. The largest absolute Gasteiger partial charge is 0.352 e. The second kappa shape index (κ2) is 9.50. The fourth-order valence-electron chi connectivity index (χ4n) is 4.44. The third kappa shape index (κ3) is 4.99. The minimum atomic E-state index is -3.61. The first-order chi connectivity index (χ1) is 14.9. The number of likely N-dealkylation sites (tertiary alicyclic amines) is 1. The van der Waals surface area contributed by atoms with Crippen molar-refractivity contribution in [2.75, 3.05) is 39.3 Å². The van der Waals surface area contributed by atoms with Crippen molar-refractivity contribution in [3.05, 3.63) is 40.2 Å². The fraction of sp³-hybridized carbons (Fsp3) is 0.545. The highest BCUT2D eigenvalue weighted by molar-refractivity contribution is 7.89. The van der Waals surface area contributed by atoms with E-state index in [0.29, 0.717) is 30.5 Å². The van der Waals surface area contributed by atoms with Crippen LogP contribution in [0, 0.1) is 0 Å². The Balaban J connectivity index is 1.51. The molecule has 0 spiro atoms. The van der Waals surface area contributed by atoms with Gasteiger partial charge in [0.15, 0.2) is 0 Å². The highest BCUT2D eigenvalue weighted by Crippen LogP contribution is 2.25. The number of hydrogen-bond acceptors (Lipinski definition) is 5. The van der Waals surface area contributed by atoms with E-state index in [9.17, 15) is 18.0 Å². The maximum Gasteiger partial charge on any atom is 0.252 e. The lowest BCUT2D eigenvalue weighted by molar-refractivity contribution is 0.0952. The van der Waals surface area contributed by atoms with Crippen molar-refractivity contribution in [3.63, 3.8) is 0 Å². The Kier molecular flexibility index (Phi) is 6.74. The Labute approximate surface area is 182 Å². The van der Waals surface area contributed by atoms with Crippen molar-refractivity contribution in [1.29, 1.82) is 0 Å². The van der Waals surface area contributed by atoms with Gasteiger partial charge in [0.1, 0.15) is 0 Å². The van der Waals surface area contributed by atoms with Crippen molar-refractivity contribution in [2.45, 2.75) is 43.4 Å². The summed E-state index contributed by atoms with van der Waals surface area (Å²) in [5.74, 6) is -0.356. The predicted molar refractivity (Wildman–Crippen MR) is 120 cm³/mol. The van der Waals surface area contributed by atoms with Gasteiger partial charge in [-0.25, -0.2) is 8.42 Å². The van der Waals surface area contributed by atoms with E-state index >= 15 is 0 Å². The molecule has 3 heterocycles. The SMILES string of the molecule is O=C(NCCCN1CCCCC1)c1cc(=O)[nH]c2ccc(S(=O)(=O)N3CCCC3)cc12. The molecule has 1 aromatic heterocycles. The van der Waals surface area contributed by atoms with Gasteiger partial charge in [-0.2, -0.15) is 4.31 Å². The minimum absolute atomic E-state index is 0.146. The number of carbonyl (C=O) groups is 1. The van der Waals surface area contributed by atoms with E-state index in [1.54, 1.807) is 6.07 Å². The molecule has 1 amide bonds. The Morgan fingerprint density at radius 2 is 1.71 bits per heavy atom. The van der Waals surface area contributed by atoms with E-state index in [2.05, 4.69) is 15.2 Å². The fourth-order valence-corrected chi connectivity index (χ4v) is 5.99. The number of nitrogens with zero attached hydrogens (tertiary/aromatic N) is 2. The number of hydrogen-bond donors (Lipinski definition) is 2. The van der Waals surface area contributed by atoms with Gasteiger partial charge >= 0.3 is 0 Å². The number of pyridine rings is 1. The van der Waals surface area contributed by atoms with Gasteiger partial charge in [-0.15, -0.1) is 0 Å². The topological polar surface area (TPSA) is 103 Å². The molecule has 0 saturated carbocycles. The molecular weight excluding hydrogens is 416 g/mol. The maximum atomic E-state index is 12.9. The zero-order valence-corrected chi connectivity index (χ0v) is 18.5. The van der Waals surface area contributed by atoms with Gasteiger partial charge < -0.3 is 15.2 Å². The molecule has 1 aromatic carbocycles. The van der Waals surface area contributed by atoms with E-state index in [1.807, 2.05) is 0 Å². The summed E-state index contributed by atoms with van der Waals surface area (Å²) in [6, 6.07) is 5.80. The molecule has 0 atom stereocenters. The molecule has 0 radical (unpaired) electrons. The number of piperidine rings is 1. The molecule has 31 heavy (non-hydrogen) atoms. The lowest BCUT2D eigenvalue weighted by Crippen LogP contribution is -2.33. The van der Waals surface area contributed by atoms with Crippen molar-refractivity contribution < 1.29 is 13.2 Å². The molecule has 2 aliphatic heterocycles. The van der Waals surface area contributed by atoms with Gasteiger partial charge in [-0.05, 0) is 69.9 Å². The Morgan fingerprint density at radius 3 is 2.45 bits per heavy atom. The van der Waals surface area contributed by atoms with Crippen molar-refractivity contribution in [3.8, 4) is 0 Å². The zero-order valence-electron chi connectivity index (χ0n) is 17.7. The van der Waals surface area contributed by atoms with E-state index in [-0.39, 0.29) is 21.9 Å². The summed E-state index contributed by atoms with van der Waals surface area (Å²) in [4.78, 5) is 30.2. The van der Waals surface area contributed by atoms with Crippen molar-refractivity contribution in [1.82, 2.24) is 19.5 Å². The van der Waals surface area contributed by atoms with Crippen LogP contribution in [0.2, 0.25) is 0 Å². The number of sulfonamides is 1. The van der Waals surface area contributed by atoms with Gasteiger partial charge in [0.25, 0.3) is 5.91 Å². The van der Waals surface area contributed by atoms with Crippen LogP contribution in [-0.2, 0) is 10.0 Å². The first-order valence-corrected chi connectivity index (χ1v) is 12.6. The summed E-state index contributed by atoms with van der Waals surface area (Å²) in [6.07, 6.45) is 6.29. The van der Waals surface area contributed by atoms with Crippen LogP contribution in [0.1, 0.15) is 48.9 Å². The van der Waals surface area contributed by atoms with E-state index < -0.39 is 10.0 Å².